The van der Waals surface area contributed by atoms with Crippen molar-refractivity contribution in [2.75, 3.05) is 44.9 Å². The summed E-state index contributed by atoms with van der Waals surface area (Å²) in [6.45, 7) is 3.55. The molecule has 0 aliphatic carbocycles. The van der Waals surface area contributed by atoms with Crippen LogP contribution < -0.4 is 14.5 Å². The van der Waals surface area contributed by atoms with Crippen molar-refractivity contribution < 1.29 is 33.4 Å². The second kappa shape index (κ2) is 12.0. The number of carbonyl (C=O) groups is 4. The number of esters is 1. The smallest absolute Gasteiger partial charge is 0.338 e. The summed E-state index contributed by atoms with van der Waals surface area (Å²) in [4.78, 5) is 69.8. The van der Waals surface area contributed by atoms with Crippen LogP contribution in [0.15, 0.2) is 58.4 Å². The first-order valence-electron chi connectivity index (χ1n) is 13.9. The number of rotatable bonds is 7. The van der Waals surface area contributed by atoms with Crippen molar-refractivity contribution in [1.82, 2.24) is 9.47 Å². The van der Waals surface area contributed by atoms with E-state index >= 15 is 0 Å². The number of anilines is 1. The van der Waals surface area contributed by atoms with Crippen LogP contribution in [0.25, 0.3) is 0 Å². The molecule has 3 unspecified atom stereocenters. The summed E-state index contributed by atoms with van der Waals surface area (Å²) in [7, 11) is 1.56. The number of methoxy groups -OCH3 is 1. The quantitative estimate of drug-likeness (QED) is 0.289. The number of aromatic nitrogens is 1. The molecule has 13 heteroatoms. The third kappa shape index (κ3) is 5.25. The Morgan fingerprint density at radius 1 is 0.977 bits per heavy atom. The van der Waals surface area contributed by atoms with Crippen molar-refractivity contribution in [1.29, 1.82) is 0 Å². The van der Waals surface area contributed by atoms with E-state index in [1.165, 1.54) is 16.7 Å². The molecule has 0 bridgehead atoms. The molecule has 11 nitrogen and oxygen atoms in total. The fourth-order valence-electron chi connectivity index (χ4n) is 5.69. The minimum Gasteiger partial charge on any atom is -0.497 e. The molecule has 43 heavy (non-hydrogen) atoms. The normalized spacial score (nSPS) is 21.4. The topological polar surface area (TPSA) is 124 Å². The number of morpholine rings is 1. The van der Waals surface area contributed by atoms with Gasteiger partial charge >= 0.3 is 10.8 Å². The maximum absolute atomic E-state index is 14.1. The van der Waals surface area contributed by atoms with Gasteiger partial charge in [-0.1, -0.05) is 35.2 Å². The van der Waals surface area contributed by atoms with Gasteiger partial charge in [-0.25, -0.2) is 9.69 Å². The summed E-state index contributed by atoms with van der Waals surface area (Å²) in [5, 5.41) is -0.296. The Morgan fingerprint density at radius 3 is 2.33 bits per heavy atom. The maximum atomic E-state index is 14.1. The Balaban J connectivity index is 1.39. The average molecular weight is 624 g/mol. The lowest BCUT2D eigenvalue weighted by atomic mass is 9.83. The molecule has 4 heterocycles. The number of fused-ring (bicyclic) bond motifs is 2. The molecule has 0 saturated carbocycles. The number of hydrogen-bond donors (Lipinski definition) is 0. The van der Waals surface area contributed by atoms with Gasteiger partial charge < -0.3 is 19.1 Å². The van der Waals surface area contributed by atoms with E-state index in [0.717, 1.165) is 33.6 Å². The highest BCUT2D eigenvalue weighted by molar-refractivity contribution is 8.00. The van der Waals surface area contributed by atoms with Crippen molar-refractivity contribution in [2.24, 2.45) is 5.92 Å². The molecular formula is C30H29N3O8S2. The van der Waals surface area contributed by atoms with Crippen molar-refractivity contribution in [3.8, 4) is 5.75 Å². The number of thioether (sulfide) groups is 1. The van der Waals surface area contributed by atoms with Crippen LogP contribution in [0.2, 0.25) is 0 Å². The van der Waals surface area contributed by atoms with Crippen molar-refractivity contribution in [2.45, 2.75) is 29.7 Å². The molecule has 224 valence electrons. The highest BCUT2D eigenvalue weighted by Crippen LogP contribution is 2.54. The van der Waals surface area contributed by atoms with Gasteiger partial charge in [0.15, 0.2) is 0 Å². The number of carbonyl (C=O) groups excluding carboxylic acids is 4. The van der Waals surface area contributed by atoms with Gasteiger partial charge in [-0.2, -0.15) is 0 Å². The van der Waals surface area contributed by atoms with E-state index in [1.807, 2.05) is 12.1 Å². The second-order valence-electron chi connectivity index (χ2n) is 10.2. The molecule has 3 aliphatic rings. The lowest BCUT2D eigenvalue weighted by molar-refractivity contribution is -0.136. The molecule has 3 aliphatic heterocycles. The molecule has 2 fully saturated rings. The van der Waals surface area contributed by atoms with Gasteiger partial charge in [0.25, 0.3) is 0 Å². The minimum absolute atomic E-state index is 0.161. The largest absolute Gasteiger partial charge is 0.497 e. The lowest BCUT2D eigenvalue weighted by Gasteiger charge is -2.31. The number of thiazole rings is 1. The first-order valence-corrected chi connectivity index (χ1v) is 15.6. The zero-order valence-corrected chi connectivity index (χ0v) is 25.2. The third-order valence-corrected chi connectivity index (χ3v) is 10.4. The van der Waals surface area contributed by atoms with E-state index in [2.05, 4.69) is 0 Å². The van der Waals surface area contributed by atoms with E-state index in [-0.39, 0.29) is 23.9 Å². The average Bonchev–Trinajstić information content (AvgIpc) is 3.47. The van der Waals surface area contributed by atoms with Gasteiger partial charge in [0, 0.05) is 23.9 Å². The molecule has 6 rings (SSSR count). The minimum atomic E-state index is -0.824. The number of ether oxygens (including phenoxy) is 3. The fourth-order valence-corrected chi connectivity index (χ4v) is 8.46. The van der Waals surface area contributed by atoms with E-state index in [4.69, 9.17) is 14.2 Å². The maximum Gasteiger partial charge on any atom is 0.338 e. The molecule has 3 aromatic rings. The summed E-state index contributed by atoms with van der Waals surface area (Å²) in [6.07, 6.45) is 0. The van der Waals surface area contributed by atoms with E-state index in [1.54, 1.807) is 43.2 Å². The van der Waals surface area contributed by atoms with Crippen molar-refractivity contribution in [3.63, 3.8) is 0 Å². The van der Waals surface area contributed by atoms with Crippen LogP contribution in [-0.4, -0.2) is 78.4 Å². The number of imide groups is 1. The Bertz CT molecular complexity index is 1630. The van der Waals surface area contributed by atoms with Crippen LogP contribution in [0.3, 0.4) is 0 Å². The monoisotopic (exact) mass is 623 g/mol. The van der Waals surface area contributed by atoms with Gasteiger partial charge in [-0.15, -0.1) is 0 Å². The Morgan fingerprint density at radius 2 is 1.67 bits per heavy atom. The lowest BCUT2D eigenvalue weighted by Crippen LogP contribution is -2.43. The van der Waals surface area contributed by atoms with Gasteiger partial charge in [0.1, 0.15) is 17.5 Å². The number of amides is 3. The van der Waals surface area contributed by atoms with Crippen LogP contribution in [0.1, 0.15) is 33.6 Å². The summed E-state index contributed by atoms with van der Waals surface area (Å²) >= 11 is 2.17. The standard InChI is InChI=1S/C30H29N3O8S2/c1-3-41-29(37)18-4-8-19(9-5-18)33-26(35)23-22(17-6-10-20(39-2)11-7-17)25-28(42-24(23)27(33)36)32(30(38)43-25)16-21(34)31-12-14-40-15-13-31/h4-11,22-24H,3,12-16H2,1-2H3. The van der Waals surface area contributed by atoms with Crippen LogP contribution in [0.5, 0.6) is 5.75 Å². The number of nitrogens with zero attached hydrogens (tertiary/aromatic N) is 3. The van der Waals surface area contributed by atoms with Crippen molar-refractivity contribution in [3.05, 3.63) is 74.2 Å². The SMILES string of the molecule is CCOC(=O)c1ccc(N2C(=O)C3Sc4c(sc(=O)n4CC(=O)N4CCOCC4)C(c4ccc(OC)cc4)C3C2=O)cc1. The highest BCUT2D eigenvalue weighted by atomic mass is 32.2. The predicted octanol–water partition coefficient (Wildman–Crippen LogP) is 2.75. The summed E-state index contributed by atoms with van der Waals surface area (Å²) in [5.74, 6) is -2.26. The molecule has 2 saturated heterocycles. The zero-order chi connectivity index (χ0) is 30.2. The molecule has 1 aromatic heterocycles. The Kier molecular flexibility index (Phi) is 8.12. The Hall–Kier alpha value is -3.94. The zero-order valence-electron chi connectivity index (χ0n) is 23.5. The van der Waals surface area contributed by atoms with Gasteiger partial charge in [-0.05, 0) is 48.9 Å². The van der Waals surface area contributed by atoms with E-state index in [9.17, 15) is 24.0 Å². The first kappa shape index (κ1) is 29.1. The van der Waals surface area contributed by atoms with Gasteiger partial charge in [0.2, 0.25) is 17.7 Å². The van der Waals surface area contributed by atoms with Gasteiger partial charge in [0.05, 0.1) is 49.1 Å². The molecule has 2 aromatic carbocycles. The van der Waals surface area contributed by atoms with Gasteiger partial charge in [-0.3, -0.25) is 23.7 Å². The molecular weight excluding hydrogens is 594 g/mol. The van der Waals surface area contributed by atoms with Crippen LogP contribution in [0, 0.1) is 5.92 Å². The van der Waals surface area contributed by atoms with Crippen LogP contribution in [0.4, 0.5) is 5.69 Å². The number of benzene rings is 2. The fraction of sp³-hybridized carbons (Fsp3) is 0.367. The second-order valence-corrected chi connectivity index (χ2v) is 12.3. The molecule has 3 atom stereocenters. The molecule has 0 spiro atoms. The highest BCUT2D eigenvalue weighted by Gasteiger charge is 2.56. The molecule has 3 amide bonds. The summed E-state index contributed by atoms with van der Waals surface area (Å²) in [6, 6.07) is 13.4. The molecule has 0 N–H and O–H groups in total. The third-order valence-electron chi connectivity index (χ3n) is 7.82. The first-order chi connectivity index (χ1) is 20.8. The Labute approximate surface area is 255 Å². The molecule has 0 radical (unpaired) electrons. The van der Waals surface area contributed by atoms with Crippen molar-refractivity contribution >= 4 is 52.5 Å². The summed E-state index contributed by atoms with van der Waals surface area (Å²) < 4.78 is 17.2. The predicted molar refractivity (Wildman–Crippen MR) is 159 cm³/mol. The van der Waals surface area contributed by atoms with Crippen LogP contribution >= 0.6 is 23.1 Å². The summed E-state index contributed by atoms with van der Waals surface area (Å²) in [5.41, 5.74) is 1.41. The van der Waals surface area contributed by atoms with E-state index in [0.29, 0.717) is 53.2 Å². The number of hydrogen-bond acceptors (Lipinski definition) is 10. The van der Waals surface area contributed by atoms with E-state index < -0.39 is 34.9 Å². The van der Waals surface area contributed by atoms with Crippen LogP contribution in [-0.2, 0) is 30.4 Å².